The van der Waals surface area contributed by atoms with E-state index >= 15 is 0 Å². The molecular formula is C23H39N5O7. The summed E-state index contributed by atoms with van der Waals surface area (Å²) in [5, 5.41) is 25.2. The first-order valence-electron chi connectivity index (χ1n) is 12.2. The molecule has 12 heteroatoms. The van der Waals surface area contributed by atoms with E-state index in [1.807, 2.05) is 0 Å². The minimum atomic E-state index is -1.33. The Hall–Kier alpha value is -2.57. The quantitative estimate of drug-likeness (QED) is 0.212. The number of aldehydes is 1. The second-order valence-electron chi connectivity index (χ2n) is 9.79. The molecule has 0 bridgehead atoms. The summed E-state index contributed by atoms with van der Waals surface area (Å²) in [5.41, 5.74) is 5.76. The summed E-state index contributed by atoms with van der Waals surface area (Å²) in [6, 6.07) is -4.91. The Morgan fingerprint density at radius 3 is 1.77 bits per heavy atom. The van der Waals surface area contributed by atoms with E-state index in [1.165, 1.54) is 23.6 Å². The highest BCUT2D eigenvalue weighted by Gasteiger charge is 2.42. The number of carbonyl (C=O) groups excluding carboxylic acids is 5. The monoisotopic (exact) mass is 497 g/mol. The van der Waals surface area contributed by atoms with Crippen LogP contribution in [-0.2, 0) is 24.0 Å². The topological polar surface area (TPSA) is 182 Å². The van der Waals surface area contributed by atoms with Gasteiger partial charge >= 0.3 is 0 Å². The van der Waals surface area contributed by atoms with Gasteiger partial charge in [-0.3, -0.25) is 19.2 Å². The number of carbonyl (C=O) groups is 5. The molecule has 2 aliphatic rings. The van der Waals surface area contributed by atoms with Crippen LogP contribution in [0.5, 0.6) is 0 Å². The molecule has 0 aromatic rings. The number of likely N-dealkylation sites (tertiary alicyclic amines) is 2. The molecule has 0 unspecified atom stereocenters. The Kier molecular flexibility index (Phi) is 10.2. The minimum Gasteiger partial charge on any atom is -0.391 e. The molecule has 2 rings (SSSR count). The molecule has 0 saturated carbocycles. The van der Waals surface area contributed by atoms with E-state index in [1.54, 1.807) is 13.8 Å². The number of nitrogens with two attached hydrogens (primary N) is 1. The Morgan fingerprint density at radius 1 is 0.857 bits per heavy atom. The van der Waals surface area contributed by atoms with Crippen molar-refractivity contribution in [1.29, 1.82) is 0 Å². The molecule has 4 amide bonds. The molecule has 2 saturated heterocycles. The average molecular weight is 498 g/mol. The van der Waals surface area contributed by atoms with Crippen molar-refractivity contribution < 1.29 is 34.2 Å². The predicted molar refractivity (Wildman–Crippen MR) is 126 cm³/mol. The van der Waals surface area contributed by atoms with Crippen molar-refractivity contribution in [1.82, 2.24) is 20.4 Å². The normalized spacial score (nSPS) is 24.5. The third-order valence-corrected chi connectivity index (χ3v) is 6.70. The molecular weight excluding hydrogens is 458 g/mol. The number of rotatable bonds is 10. The van der Waals surface area contributed by atoms with Gasteiger partial charge in [-0.25, -0.2) is 0 Å². The van der Waals surface area contributed by atoms with Crippen LogP contribution >= 0.6 is 0 Å². The predicted octanol–water partition coefficient (Wildman–Crippen LogP) is -2.12. The smallest absolute Gasteiger partial charge is 0.248 e. The molecule has 12 nitrogen and oxygen atoms in total. The van der Waals surface area contributed by atoms with Gasteiger partial charge in [0.2, 0.25) is 23.6 Å². The Labute approximate surface area is 205 Å². The van der Waals surface area contributed by atoms with Gasteiger partial charge in [-0.2, -0.15) is 0 Å². The van der Waals surface area contributed by atoms with E-state index in [0.29, 0.717) is 32.0 Å². The zero-order chi connectivity index (χ0) is 26.4. The van der Waals surface area contributed by atoms with Gasteiger partial charge in [0, 0.05) is 13.1 Å². The molecule has 2 fully saturated rings. The second kappa shape index (κ2) is 12.4. The van der Waals surface area contributed by atoms with Crippen LogP contribution in [0, 0.1) is 5.92 Å². The van der Waals surface area contributed by atoms with Gasteiger partial charge in [0.05, 0.1) is 18.2 Å². The molecule has 6 N–H and O–H groups in total. The van der Waals surface area contributed by atoms with Crippen molar-refractivity contribution in [3.63, 3.8) is 0 Å². The van der Waals surface area contributed by atoms with E-state index in [0.717, 1.165) is 0 Å². The Morgan fingerprint density at radius 2 is 1.34 bits per heavy atom. The van der Waals surface area contributed by atoms with Crippen molar-refractivity contribution >= 4 is 29.9 Å². The molecule has 0 aliphatic carbocycles. The molecule has 2 heterocycles. The molecule has 2 aliphatic heterocycles. The molecule has 0 radical (unpaired) electrons. The largest absolute Gasteiger partial charge is 0.391 e. The summed E-state index contributed by atoms with van der Waals surface area (Å²) >= 11 is 0. The SMILES string of the molecule is CC(C)[C@@H](C=O)NC(=O)[C@@H]1CCCN1C(=O)[C@@H](NC(=O)[C@@H]1CCCN1C(=O)[C@@H](N)[C@@H](C)O)[C@@H](C)O. The lowest BCUT2D eigenvalue weighted by Gasteiger charge is -2.32. The lowest BCUT2D eigenvalue weighted by Crippen LogP contribution is -2.60. The van der Waals surface area contributed by atoms with E-state index in [4.69, 9.17) is 5.73 Å². The van der Waals surface area contributed by atoms with Crippen LogP contribution in [0.3, 0.4) is 0 Å². The highest BCUT2D eigenvalue weighted by atomic mass is 16.3. The first-order valence-corrected chi connectivity index (χ1v) is 12.2. The number of aliphatic hydroxyl groups excluding tert-OH is 2. The van der Waals surface area contributed by atoms with Crippen LogP contribution in [0.15, 0.2) is 0 Å². The van der Waals surface area contributed by atoms with Gasteiger partial charge in [0.1, 0.15) is 30.5 Å². The van der Waals surface area contributed by atoms with Crippen LogP contribution in [-0.4, -0.2) is 105 Å². The fourth-order valence-corrected chi connectivity index (χ4v) is 4.44. The minimum absolute atomic E-state index is 0.120. The first-order chi connectivity index (χ1) is 16.4. The van der Waals surface area contributed by atoms with Crippen molar-refractivity contribution in [2.24, 2.45) is 11.7 Å². The summed E-state index contributed by atoms with van der Waals surface area (Å²) in [7, 11) is 0. The molecule has 0 aromatic heterocycles. The Balaban J connectivity index is 2.13. The zero-order valence-corrected chi connectivity index (χ0v) is 20.8. The molecule has 0 spiro atoms. The van der Waals surface area contributed by atoms with Gasteiger partial charge in [-0.1, -0.05) is 13.8 Å². The third kappa shape index (κ3) is 6.77. The fraction of sp³-hybridized carbons (Fsp3) is 0.783. The number of hydrogen-bond acceptors (Lipinski definition) is 8. The van der Waals surface area contributed by atoms with Crippen LogP contribution < -0.4 is 16.4 Å². The maximum Gasteiger partial charge on any atom is 0.248 e. The second-order valence-corrected chi connectivity index (χ2v) is 9.79. The Bertz CT molecular complexity index is 803. The lowest BCUT2D eigenvalue weighted by molar-refractivity contribution is -0.146. The van der Waals surface area contributed by atoms with Gasteiger partial charge < -0.3 is 41.2 Å². The summed E-state index contributed by atoms with van der Waals surface area (Å²) in [6.07, 6.45) is 0.142. The van der Waals surface area contributed by atoms with Crippen molar-refractivity contribution in [3.05, 3.63) is 0 Å². The summed E-state index contributed by atoms with van der Waals surface area (Å²) < 4.78 is 0. The number of amides is 4. The number of aliphatic hydroxyl groups is 2. The van der Waals surface area contributed by atoms with E-state index in [-0.39, 0.29) is 19.0 Å². The molecule has 198 valence electrons. The third-order valence-electron chi connectivity index (χ3n) is 6.70. The average Bonchev–Trinajstić information content (AvgIpc) is 3.48. The maximum absolute atomic E-state index is 13.3. The standard InChI is InChI=1S/C23H39N5O7/c1-12(2)15(11-29)25-20(32)16-7-6-10-28(16)23(35)19(14(4)31)26-21(33)17-8-5-9-27(17)22(34)18(24)13(3)30/h11-19,30-31H,5-10,24H2,1-4H3,(H,25,32)(H,26,33)/t13-,14-,15-,16+,17+,18+,19+/m1/s1. The maximum atomic E-state index is 13.3. The zero-order valence-electron chi connectivity index (χ0n) is 20.8. The van der Waals surface area contributed by atoms with Gasteiger partial charge in [-0.15, -0.1) is 0 Å². The highest BCUT2D eigenvalue weighted by molar-refractivity contribution is 5.96. The number of nitrogens with zero attached hydrogens (tertiary/aromatic N) is 2. The molecule has 35 heavy (non-hydrogen) atoms. The summed E-state index contributed by atoms with van der Waals surface area (Å²) in [6.45, 7) is 6.88. The van der Waals surface area contributed by atoms with Crippen LogP contribution in [0.2, 0.25) is 0 Å². The number of nitrogens with one attached hydrogen (secondary N) is 2. The fourth-order valence-electron chi connectivity index (χ4n) is 4.44. The summed E-state index contributed by atoms with van der Waals surface area (Å²) in [5.74, 6) is -2.38. The van der Waals surface area contributed by atoms with Crippen molar-refractivity contribution in [3.8, 4) is 0 Å². The lowest BCUT2D eigenvalue weighted by atomic mass is 10.0. The van der Waals surface area contributed by atoms with Gasteiger partial charge in [0.15, 0.2) is 0 Å². The molecule has 0 aromatic carbocycles. The number of hydrogen-bond donors (Lipinski definition) is 5. The van der Waals surface area contributed by atoms with Crippen LogP contribution in [0.4, 0.5) is 0 Å². The van der Waals surface area contributed by atoms with Crippen LogP contribution in [0.25, 0.3) is 0 Å². The van der Waals surface area contributed by atoms with Gasteiger partial charge in [-0.05, 0) is 45.4 Å². The van der Waals surface area contributed by atoms with Crippen LogP contribution in [0.1, 0.15) is 53.4 Å². The molecule has 7 atom stereocenters. The van der Waals surface area contributed by atoms with E-state index in [2.05, 4.69) is 10.6 Å². The van der Waals surface area contributed by atoms with E-state index in [9.17, 15) is 34.2 Å². The highest BCUT2D eigenvalue weighted by Crippen LogP contribution is 2.22. The van der Waals surface area contributed by atoms with E-state index < -0.39 is 66.0 Å². The van der Waals surface area contributed by atoms with Crippen molar-refractivity contribution in [2.45, 2.75) is 95.8 Å². The summed E-state index contributed by atoms with van der Waals surface area (Å²) in [4.78, 5) is 65.7. The van der Waals surface area contributed by atoms with Gasteiger partial charge in [0.25, 0.3) is 0 Å². The van der Waals surface area contributed by atoms with Crippen molar-refractivity contribution in [2.75, 3.05) is 13.1 Å². The first kappa shape index (κ1) is 28.7.